The van der Waals surface area contributed by atoms with Crippen molar-refractivity contribution in [1.82, 2.24) is 5.32 Å². The zero-order valence-corrected chi connectivity index (χ0v) is 15.7. The van der Waals surface area contributed by atoms with Gasteiger partial charge in [0.25, 0.3) is 0 Å². The number of amides is 1. The Morgan fingerprint density at radius 3 is 2.54 bits per heavy atom. The summed E-state index contributed by atoms with van der Waals surface area (Å²) in [6, 6.07) is 6.52. The summed E-state index contributed by atoms with van der Waals surface area (Å²) in [6.07, 6.45) is 0. The van der Waals surface area contributed by atoms with Crippen LogP contribution < -0.4 is 15.8 Å². The van der Waals surface area contributed by atoms with Crippen LogP contribution in [0.3, 0.4) is 0 Å². The number of carbonyl (C=O) groups is 3. The van der Waals surface area contributed by atoms with Crippen LogP contribution in [-0.2, 0) is 34.0 Å². The first-order valence-corrected chi connectivity index (χ1v) is 8.44. The summed E-state index contributed by atoms with van der Waals surface area (Å²) in [7, 11) is 2.62. The molecule has 1 spiro atoms. The van der Waals surface area contributed by atoms with Crippen LogP contribution in [0.1, 0.15) is 12.5 Å². The van der Waals surface area contributed by atoms with E-state index in [0.29, 0.717) is 0 Å². The maximum Gasteiger partial charge on any atom is 0.340 e. The summed E-state index contributed by atoms with van der Waals surface area (Å²) < 4.78 is 20.5. The first kappa shape index (κ1) is 19.4. The molecule has 0 bridgehead atoms. The third-order valence-electron chi connectivity index (χ3n) is 4.64. The molecule has 9 nitrogen and oxygen atoms in total. The average molecular weight is 388 g/mol. The van der Waals surface area contributed by atoms with Crippen LogP contribution >= 0.6 is 0 Å². The van der Waals surface area contributed by atoms with Crippen molar-refractivity contribution < 1.29 is 33.3 Å². The topological polar surface area (TPSA) is 126 Å². The number of para-hydroxylation sites is 1. The third-order valence-corrected chi connectivity index (χ3v) is 4.64. The molecule has 0 saturated carbocycles. The standard InChI is InChI=1S/C19H20N2O7/c1-10-13(17(23)27-9-8-25-2)19(18(24)21-10)11-6-4-5-7-12(11)28-15(20)14(19)16(22)26-3/h4-7H,8-9,20H2,1-3H3,(H,21,24)/t19-/m1/s1. The van der Waals surface area contributed by atoms with Crippen molar-refractivity contribution in [3.63, 3.8) is 0 Å². The van der Waals surface area contributed by atoms with Gasteiger partial charge in [-0.15, -0.1) is 0 Å². The fourth-order valence-corrected chi connectivity index (χ4v) is 3.52. The highest BCUT2D eigenvalue weighted by molar-refractivity contribution is 6.17. The second-order valence-corrected chi connectivity index (χ2v) is 6.16. The van der Waals surface area contributed by atoms with Crippen LogP contribution in [-0.4, -0.2) is 45.3 Å². The van der Waals surface area contributed by atoms with Crippen LogP contribution in [0.5, 0.6) is 5.75 Å². The molecule has 0 aliphatic carbocycles. The largest absolute Gasteiger partial charge is 0.465 e. The minimum Gasteiger partial charge on any atom is -0.465 e. The van der Waals surface area contributed by atoms with Gasteiger partial charge in [0.2, 0.25) is 11.8 Å². The molecule has 0 saturated heterocycles. The van der Waals surface area contributed by atoms with Gasteiger partial charge in [-0.25, -0.2) is 9.59 Å². The number of allylic oxidation sites excluding steroid dienone is 1. The quantitative estimate of drug-likeness (QED) is 0.543. The fraction of sp³-hybridized carbons (Fsp3) is 0.316. The van der Waals surface area contributed by atoms with Crippen LogP contribution in [0, 0.1) is 0 Å². The molecule has 1 aromatic rings. The van der Waals surface area contributed by atoms with E-state index in [2.05, 4.69) is 5.32 Å². The predicted molar refractivity (Wildman–Crippen MR) is 95.7 cm³/mol. The number of nitrogens with two attached hydrogens (primary N) is 1. The van der Waals surface area contributed by atoms with E-state index in [0.717, 1.165) is 7.11 Å². The van der Waals surface area contributed by atoms with E-state index in [1.807, 2.05) is 0 Å². The second-order valence-electron chi connectivity index (χ2n) is 6.16. The number of nitrogens with one attached hydrogen (secondary N) is 1. The van der Waals surface area contributed by atoms with Crippen molar-refractivity contribution in [3.05, 3.63) is 52.6 Å². The normalized spacial score (nSPS) is 20.6. The molecule has 1 amide bonds. The SMILES string of the molecule is COCCOC(=O)C1=C(C)NC(=O)[C@@]12C(C(=O)OC)=C(N)Oc1ccccc12. The summed E-state index contributed by atoms with van der Waals surface area (Å²) >= 11 is 0. The number of esters is 2. The van der Waals surface area contributed by atoms with Gasteiger partial charge < -0.3 is 30.0 Å². The second kappa shape index (κ2) is 7.35. The first-order valence-electron chi connectivity index (χ1n) is 8.44. The van der Waals surface area contributed by atoms with E-state index in [-0.39, 0.29) is 47.3 Å². The number of benzene rings is 1. The van der Waals surface area contributed by atoms with Gasteiger partial charge in [-0.05, 0) is 13.0 Å². The molecule has 9 heteroatoms. The van der Waals surface area contributed by atoms with E-state index >= 15 is 0 Å². The lowest BCUT2D eigenvalue weighted by atomic mass is 9.67. The van der Waals surface area contributed by atoms with E-state index in [9.17, 15) is 14.4 Å². The zero-order chi connectivity index (χ0) is 20.5. The molecule has 0 aromatic heterocycles. The summed E-state index contributed by atoms with van der Waals surface area (Å²) in [5, 5.41) is 2.62. The van der Waals surface area contributed by atoms with Crippen LogP contribution in [0.15, 0.2) is 47.0 Å². The minimum absolute atomic E-state index is 0.0265. The maximum absolute atomic E-state index is 13.2. The van der Waals surface area contributed by atoms with Crippen molar-refractivity contribution >= 4 is 17.8 Å². The molecular weight excluding hydrogens is 368 g/mol. The first-order chi connectivity index (χ1) is 13.4. The molecule has 1 aromatic carbocycles. The van der Waals surface area contributed by atoms with Crippen molar-refractivity contribution in [2.45, 2.75) is 12.3 Å². The lowest BCUT2D eigenvalue weighted by molar-refractivity contribution is -0.142. The third kappa shape index (κ3) is 2.71. The highest BCUT2D eigenvalue weighted by atomic mass is 16.6. The number of hydrogen-bond acceptors (Lipinski definition) is 8. The maximum atomic E-state index is 13.2. The Kier molecular flexibility index (Phi) is 5.10. The zero-order valence-electron chi connectivity index (χ0n) is 15.7. The molecule has 2 aliphatic rings. The van der Waals surface area contributed by atoms with Gasteiger partial charge >= 0.3 is 11.9 Å². The van der Waals surface area contributed by atoms with E-state index < -0.39 is 23.3 Å². The number of ether oxygens (including phenoxy) is 4. The summed E-state index contributed by atoms with van der Waals surface area (Å²) in [5.41, 5.74) is 4.36. The molecule has 148 valence electrons. The molecule has 3 rings (SSSR count). The molecule has 28 heavy (non-hydrogen) atoms. The van der Waals surface area contributed by atoms with Crippen molar-refractivity contribution in [2.75, 3.05) is 27.4 Å². The van der Waals surface area contributed by atoms with E-state index in [4.69, 9.17) is 24.7 Å². The lowest BCUT2D eigenvalue weighted by Crippen LogP contribution is -2.49. The molecular formula is C19H20N2O7. The van der Waals surface area contributed by atoms with Crippen LogP contribution in [0.4, 0.5) is 0 Å². The summed E-state index contributed by atoms with van der Waals surface area (Å²) in [6.45, 7) is 1.69. The Bertz CT molecular complexity index is 919. The minimum atomic E-state index is -1.85. The Labute approximate surface area is 161 Å². The number of fused-ring (bicyclic) bond motifs is 2. The van der Waals surface area contributed by atoms with Crippen LogP contribution in [0.25, 0.3) is 0 Å². The Morgan fingerprint density at radius 1 is 1.14 bits per heavy atom. The summed E-state index contributed by atoms with van der Waals surface area (Å²) in [5.74, 6) is -2.36. The number of rotatable bonds is 5. The number of carbonyl (C=O) groups excluding carboxylic acids is 3. The predicted octanol–water partition coefficient (Wildman–Crippen LogP) is 0.254. The van der Waals surface area contributed by atoms with Gasteiger partial charge in [-0.2, -0.15) is 0 Å². The highest BCUT2D eigenvalue weighted by Gasteiger charge is 2.61. The molecule has 1 atom stereocenters. The van der Waals surface area contributed by atoms with Gasteiger partial charge in [0.15, 0.2) is 0 Å². The molecule has 3 N–H and O–H groups in total. The Hall–Kier alpha value is -3.33. The Balaban J connectivity index is 2.27. The monoisotopic (exact) mass is 388 g/mol. The van der Waals surface area contributed by atoms with Gasteiger partial charge in [-0.1, -0.05) is 18.2 Å². The number of hydrogen-bond donors (Lipinski definition) is 2. The molecule has 2 heterocycles. The number of methoxy groups -OCH3 is 2. The van der Waals surface area contributed by atoms with Crippen molar-refractivity contribution in [2.24, 2.45) is 5.73 Å². The van der Waals surface area contributed by atoms with Crippen molar-refractivity contribution in [1.29, 1.82) is 0 Å². The molecule has 2 aliphatic heterocycles. The Morgan fingerprint density at radius 2 is 1.86 bits per heavy atom. The van der Waals surface area contributed by atoms with Gasteiger partial charge in [0.05, 0.1) is 19.3 Å². The average Bonchev–Trinajstić information content (AvgIpc) is 2.92. The summed E-state index contributed by atoms with van der Waals surface area (Å²) in [4.78, 5) is 38.8. The van der Waals surface area contributed by atoms with E-state index in [1.165, 1.54) is 7.11 Å². The fourth-order valence-electron chi connectivity index (χ4n) is 3.52. The van der Waals surface area contributed by atoms with Gasteiger partial charge in [0, 0.05) is 18.4 Å². The van der Waals surface area contributed by atoms with E-state index in [1.54, 1.807) is 31.2 Å². The molecule has 0 fully saturated rings. The van der Waals surface area contributed by atoms with Gasteiger partial charge in [0.1, 0.15) is 23.3 Å². The van der Waals surface area contributed by atoms with Crippen molar-refractivity contribution in [3.8, 4) is 5.75 Å². The smallest absolute Gasteiger partial charge is 0.340 e. The molecule has 0 radical (unpaired) electrons. The van der Waals surface area contributed by atoms with Crippen LogP contribution in [0.2, 0.25) is 0 Å². The highest BCUT2D eigenvalue weighted by Crippen LogP contribution is 2.51. The molecule has 0 unspecified atom stereocenters. The lowest BCUT2D eigenvalue weighted by Gasteiger charge is -2.35. The van der Waals surface area contributed by atoms with Gasteiger partial charge in [-0.3, -0.25) is 4.79 Å².